The molecule has 0 saturated heterocycles. The summed E-state index contributed by atoms with van der Waals surface area (Å²) in [6.07, 6.45) is 3.01. The Hall–Kier alpha value is -3.01. The number of allylic oxidation sites excluding steroid dienone is 1. The quantitative estimate of drug-likeness (QED) is 0.563. The molecule has 0 aliphatic heterocycles. The Balaban J connectivity index is 1.93. The molecule has 4 nitrogen and oxygen atoms in total. The monoisotopic (exact) mass is 322 g/mol. The Kier molecular flexibility index (Phi) is 5.42. The van der Waals surface area contributed by atoms with Crippen LogP contribution in [0.15, 0.2) is 60.8 Å². The number of hydrogen-bond donors (Lipinski definition) is 3. The fourth-order valence-electron chi connectivity index (χ4n) is 2.09. The molecule has 4 heteroatoms. The molecule has 0 fully saturated rings. The lowest BCUT2D eigenvalue weighted by Gasteiger charge is -2.08. The number of aromatic hydroxyl groups is 1. The molecule has 0 radical (unpaired) electrons. The molecule has 24 heavy (non-hydrogen) atoms. The number of amides is 1. The van der Waals surface area contributed by atoms with Gasteiger partial charge in [-0.05, 0) is 61.7 Å². The number of benzene rings is 2. The standard InChI is InChI=1S/C20H22N2O2/c1-13-5-8-17(11-15(13)3)22-20(24)10-7-16(4)21-18-9-6-14(2)19(23)12-18/h5-12,21,23H,4H2,1-3H3,(H,22,24)/b10-7+. The van der Waals surface area contributed by atoms with Crippen LogP contribution < -0.4 is 10.6 Å². The van der Waals surface area contributed by atoms with Crippen molar-refractivity contribution in [2.45, 2.75) is 20.8 Å². The van der Waals surface area contributed by atoms with Crippen molar-refractivity contribution in [1.82, 2.24) is 0 Å². The van der Waals surface area contributed by atoms with E-state index in [2.05, 4.69) is 17.2 Å². The van der Waals surface area contributed by atoms with Gasteiger partial charge in [-0.1, -0.05) is 18.7 Å². The van der Waals surface area contributed by atoms with Crippen molar-refractivity contribution in [2.75, 3.05) is 10.6 Å². The van der Waals surface area contributed by atoms with Crippen LogP contribution in [0.5, 0.6) is 5.75 Å². The van der Waals surface area contributed by atoms with E-state index in [4.69, 9.17) is 0 Å². The predicted octanol–water partition coefficient (Wildman–Crippen LogP) is 4.44. The third kappa shape index (κ3) is 4.74. The first-order valence-electron chi connectivity index (χ1n) is 7.67. The molecule has 124 valence electrons. The van der Waals surface area contributed by atoms with Crippen LogP contribution in [-0.4, -0.2) is 11.0 Å². The summed E-state index contributed by atoms with van der Waals surface area (Å²) in [5.41, 5.74) is 5.13. The van der Waals surface area contributed by atoms with Gasteiger partial charge in [-0.15, -0.1) is 0 Å². The summed E-state index contributed by atoms with van der Waals surface area (Å²) in [5.74, 6) is -0.0165. The molecule has 0 bridgehead atoms. The van der Waals surface area contributed by atoms with Crippen molar-refractivity contribution in [3.63, 3.8) is 0 Å². The topological polar surface area (TPSA) is 61.4 Å². The van der Waals surface area contributed by atoms with E-state index >= 15 is 0 Å². The summed E-state index contributed by atoms with van der Waals surface area (Å²) in [5, 5.41) is 15.5. The van der Waals surface area contributed by atoms with Crippen LogP contribution in [0, 0.1) is 20.8 Å². The van der Waals surface area contributed by atoms with Crippen LogP contribution >= 0.6 is 0 Å². The molecule has 2 aromatic rings. The lowest BCUT2D eigenvalue weighted by atomic mass is 10.1. The number of phenolic OH excluding ortho intramolecular Hbond substituents is 1. The first-order valence-corrected chi connectivity index (χ1v) is 7.67. The largest absolute Gasteiger partial charge is 0.508 e. The summed E-state index contributed by atoms with van der Waals surface area (Å²) in [4.78, 5) is 12.0. The second-order valence-electron chi connectivity index (χ2n) is 5.77. The lowest BCUT2D eigenvalue weighted by Crippen LogP contribution is -2.08. The second kappa shape index (κ2) is 7.51. The number of carbonyl (C=O) groups is 1. The highest BCUT2D eigenvalue weighted by atomic mass is 16.3. The molecule has 3 N–H and O–H groups in total. The molecule has 1 amide bonds. The number of phenols is 1. The molecule has 0 spiro atoms. The van der Waals surface area contributed by atoms with Crippen molar-refractivity contribution in [2.24, 2.45) is 0 Å². The zero-order valence-electron chi connectivity index (χ0n) is 14.2. The Morgan fingerprint density at radius 3 is 2.17 bits per heavy atom. The maximum Gasteiger partial charge on any atom is 0.248 e. The maximum absolute atomic E-state index is 12.0. The lowest BCUT2D eigenvalue weighted by molar-refractivity contribution is -0.111. The third-order valence-electron chi connectivity index (χ3n) is 3.72. The molecule has 2 aromatic carbocycles. The number of hydrogen-bond acceptors (Lipinski definition) is 3. The predicted molar refractivity (Wildman–Crippen MR) is 99.3 cm³/mol. The number of aryl methyl sites for hydroxylation is 3. The fourth-order valence-corrected chi connectivity index (χ4v) is 2.09. The molecule has 0 aromatic heterocycles. The van der Waals surface area contributed by atoms with E-state index in [-0.39, 0.29) is 11.7 Å². The molecule has 0 aliphatic carbocycles. The molecule has 2 rings (SSSR count). The fraction of sp³-hybridized carbons (Fsp3) is 0.150. The van der Waals surface area contributed by atoms with E-state index in [0.717, 1.165) is 16.8 Å². The van der Waals surface area contributed by atoms with Gasteiger partial charge in [-0.25, -0.2) is 0 Å². The van der Waals surface area contributed by atoms with Gasteiger partial charge in [0.1, 0.15) is 5.75 Å². The summed E-state index contributed by atoms with van der Waals surface area (Å²) < 4.78 is 0. The molecule has 0 atom stereocenters. The van der Waals surface area contributed by atoms with Crippen LogP contribution in [0.3, 0.4) is 0 Å². The van der Waals surface area contributed by atoms with E-state index in [1.807, 2.05) is 45.0 Å². The summed E-state index contributed by atoms with van der Waals surface area (Å²) in [6, 6.07) is 11.0. The number of anilines is 2. The Morgan fingerprint density at radius 1 is 0.917 bits per heavy atom. The van der Waals surface area contributed by atoms with Crippen LogP contribution in [0.25, 0.3) is 0 Å². The van der Waals surface area contributed by atoms with Gasteiger partial charge in [0.2, 0.25) is 5.91 Å². The molecule has 0 saturated carbocycles. The number of nitrogens with one attached hydrogen (secondary N) is 2. The highest BCUT2D eigenvalue weighted by Gasteiger charge is 2.01. The van der Waals surface area contributed by atoms with Crippen LogP contribution in [0.1, 0.15) is 16.7 Å². The minimum Gasteiger partial charge on any atom is -0.508 e. The maximum atomic E-state index is 12.0. The molecule has 0 heterocycles. The first kappa shape index (κ1) is 17.3. The van der Waals surface area contributed by atoms with Crippen molar-refractivity contribution >= 4 is 17.3 Å². The number of carbonyl (C=O) groups excluding carboxylic acids is 1. The molecular weight excluding hydrogens is 300 g/mol. The Labute approximate surface area is 142 Å². The van der Waals surface area contributed by atoms with Gasteiger partial charge < -0.3 is 15.7 Å². The average Bonchev–Trinajstić information content (AvgIpc) is 2.53. The smallest absolute Gasteiger partial charge is 0.248 e. The summed E-state index contributed by atoms with van der Waals surface area (Å²) >= 11 is 0. The van der Waals surface area contributed by atoms with Crippen molar-refractivity contribution < 1.29 is 9.90 Å². The van der Waals surface area contributed by atoms with E-state index in [9.17, 15) is 9.90 Å². The molecular formula is C20H22N2O2. The second-order valence-corrected chi connectivity index (χ2v) is 5.77. The molecule has 0 unspecified atom stereocenters. The van der Waals surface area contributed by atoms with E-state index < -0.39 is 0 Å². The Morgan fingerprint density at radius 2 is 1.54 bits per heavy atom. The third-order valence-corrected chi connectivity index (χ3v) is 3.72. The van der Waals surface area contributed by atoms with Gasteiger partial charge in [0.05, 0.1) is 0 Å². The van der Waals surface area contributed by atoms with Crippen LogP contribution in [-0.2, 0) is 4.79 Å². The van der Waals surface area contributed by atoms with Gasteiger partial charge >= 0.3 is 0 Å². The summed E-state index contributed by atoms with van der Waals surface area (Å²) in [7, 11) is 0. The zero-order valence-corrected chi connectivity index (χ0v) is 14.2. The minimum absolute atomic E-state index is 0.212. The van der Waals surface area contributed by atoms with Crippen LogP contribution in [0.4, 0.5) is 11.4 Å². The highest BCUT2D eigenvalue weighted by molar-refractivity contribution is 5.99. The number of rotatable bonds is 5. The molecule has 0 aliphatic rings. The minimum atomic E-state index is -0.229. The summed E-state index contributed by atoms with van der Waals surface area (Å²) in [6.45, 7) is 9.70. The highest BCUT2D eigenvalue weighted by Crippen LogP contribution is 2.21. The van der Waals surface area contributed by atoms with Crippen molar-refractivity contribution in [3.8, 4) is 5.75 Å². The first-order chi connectivity index (χ1) is 11.3. The van der Waals surface area contributed by atoms with Gasteiger partial charge in [0.15, 0.2) is 0 Å². The normalized spacial score (nSPS) is 10.6. The SMILES string of the molecule is C=C(/C=C/C(=O)Nc1ccc(C)c(C)c1)Nc1ccc(C)c(O)c1. The van der Waals surface area contributed by atoms with Gasteiger partial charge in [0.25, 0.3) is 0 Å². The van der Waals surface area contributed by atoms with Crippen LogP contribution in [0.2, 0.25) is 0 Å². The van der Waals surface area contributed by atoms with E-state index in [1.165, 1.54) is 11.6 Å². The Bertz CT molecular complexity index is 740. The van der Waals surface area contributed by atoms with Gasteiger partial charge in [-0.3, -0.25) is 4.79 Å². The van der Waals surface area contributed by atoms with E-state index in [1.54, 1.807) is 18.2 Å². The van der Waals surface area contributed by atoms with Crippen molar-refractivity contribution in [3.05, 3.63) is 77.5 Å². The zero-order chi connectivity index (χ0) is 17.7. The van der Waals surface area contributed by atoms with Gasteiger partial charge in [0, 0.05) is 29.2 Å². The van der Waals surface area contributed by atoms with Crippen molar-refractivity contribution in [1.29, 1.82) is 0 Å². The van der Waals surface area contributed by atoms with E-state index in [0.29, 0.717) is 11.4 Å². The average molecular weight is 322 g/mol. The van der Waals surface area contributed by atoms with Gasteiger partial charge in [-0.2, -0.15) is 0 Å².